The maximum absolute atomic E-state index is 13.3. The molecule has 1 aromatic carbocycles. The van der Waals surface area contributed by atoms with Gasteiger partial charge in [0.1, 0.15) is 5.82 Å². The first-order chi connectivity index (χ1) is 8.56. The lowest BCUT2D eigenvalue weighted by Crippen LogP contribution is -2.02. The van der Waals surface area contributed by atoms with Crippen LogP contribution in [0.15, 0.2) is 30.5 Å². The number of benzene rings is 1. The molecule has 0 amide bonds. The summed E-state index contributed by atoms with van der Waals surface area (Å²) in [6.45, 7) is 0. The van der Waals surface area contributed by atoms with Crippen molar-refractivity contribution in [1.82, 2.24) is 9.97 Å². The zero-order valence-electron chi connectivity index (χ0n) is 8.80. The first-order valence-electron chi connectivity index (χ1n) is 4.75. The van der Waals surface area contributed by atoms with Crippen molar-refractivity contribution in [3.05, 3.63) is 47.8 Å². The van der Waals surface area contributed by atoms with E-state index in [0.717, 1.165) is 24.4 Å². The Kier molecular flexibility index (Phi) is 3.13. The molecule has 5 nitrogen and oxygen atoms in total. The average Bonchev–Trinajstić information content (AvgIpc) is 2.33. The van der Waals surface area contributed by atoms with Crippen molar-refractivity contribution >= 4 is 5.97 Å². The Bertz CT molecular complexity index is 605. The second-order valence-electron chi connectivity index (χ2n) is 3.21. The third kappa shape index (κ3) is 2.57. The normalized spacial score (nSPS) is 10.1. The van der Waals surface area contributed by atoms with Crippen LogP contribution in [0.1, 0.15) is 10.5 Å². The molecule has 0 radical (unpaired) electrons. The van der Waals surface area contributed by atoms with E-state index in [1.165, 1.54) is 0 Å². The maximum atomic E-state index is 13.3. The van der Waals surface area contributed by atoms with Gasteiger partial charge in [-0.25, -0.2) is 18.6 Å². The molecule has 0 unspecified atom stereocenters. The summed E-state index contributed by atoms with van der Waals surface area (Å²) in [6, 6.07) is 3.52. The average molecular weight is 252 g/mol. The minimum atomic E-state index is -1.26. The number of aromatic nitrogens is 2. The summed E-state index contributed by atoms with van der Waals surface area (Å²) < 4.78 is 30.8. The van der Waals surface area contributed by atoms with Crippen molar-refractivity contribution in [2.24, 2.45) is 0 Å². The second kappa shape index (κ2) is 4.74. The Morgan fingerprint density at radius 3 is 2.72 bits per heavy atom. The number of rotatable bonds is 3. The standard InChI is InChI=1S/C11H6F2N2O3/c12-6-1-2-9(7(13)5-6)18-11-14-4-3-8(15-11)10(16)17/h1-5H,(H,16,17). The molecule has 0 fully saturated rings. The lowest BCUT2D eigenvalue weighted by atomic mass is 10.3. The Labute approximate surface area is 99.7 Å². The lowest BCUT2D eigenvalue weighted by Gasteiger charge is -2.04. The number of carboxylic acids is 1. The van der Waals surface area contributed by atoms with Crippen molar-refractivity contribution in [2.45, 2.75) is 0 Å². The summed E-state index contributed by atoms with van der Waals surface area (Å²) in [5, 5.41) is 8.70. The van der Waals surface area contributed by atoms with Crippen molar-refractivity contribution in [1.29, 1.82) is 0 Å². The molecule has 2 rings (SSSR count). The first-order valence-corrected chi connectivity index (χ1v) is 4.75. The Hall–Kier alpha value is -2.57. The van der Waals surface area contributed by atoms with Gasteiger partial charge >= 0.3 is 12.0 Å². The van der Waals surface area contributed by atoms with Crippen LogP contribution in [0.2, 0.25) is 0 Å². The zero-order valence-corrected chi connectivity index (χ0v) is 8.80. The Morgan fingerprint density at radius 2 is 2.06 bits per heavy atom. The van der Waals surface area contributed by atoms with E-state index in [2.05, 4.69) is 9.97 Å². The maximum Gasteiger partial charge on any atom is 0.354 e. The van der Waals surface area contributed by atoms with Crippen molar-refractivity contribution < 1.29 is 23.4 Å². The predicted molar refractivity (Wildman–Crippen MR) is 55.4 cm³/mol. The smallest absolute Gasteiger partial charge is 0.354 e. The number of halogens is 2. The van der Waals surface area contributed by atoms with Crippen LogP contribution < -0.4 is 4.74 Å². The van der Waals surface area contributed by atoms with Gasteiger partial charge in [-0.15, -0.1) is 0 Å². The van der Waals surface area contributed by atoms with Gasteiger partial charge in [-0.05, 0) is 18.2 Å². The van der Waals surface area contributed by atoms with Gasteiger partial charge in [0.25, 0.3) is 0 Å². The van der Waals surface area contributed by atoms with Crippen LogP contribution in [0.25, 0.3) is 0 Å². The van der Waals surface area contributed by atoms with Crippen LogP contribution in [-0.2, 0) is 0 Å². The number of carbonyl (C=O) groups is 1. The van der Waals surface area contributed by atoms with Gasteiger partial charge in [-0.2, -0.15) is 4.98 Å². The fourth-order valence-electron chi connectivity index (χ4n) is 1.17. The van der Waals surface area contributed by atoms with E-state index >= 15 is 0 Å². The number of nitrogens with zero attached hydrogens (tertiary/aromatic N) is 2. The highest BCUT2D eigenvalue weighted by atomic mass is 19.1. The monoisotopic (exact) mass is 252 g/mol. The molecule has 92 valence electrons. The molecule has 1 heterocycles. The number of hydrogen-bond acceptors (Lipinski definition) is 4. The summed E-state index contributed by atoms with van der Waals surface area (Å²) in [5.41, 5.74) is -0.289. The van der Waals surface area contributed by atoms with Crippen LogP contribution in [-0.4, -0.2) is 21.0 Å². The summed E-state index contributed by atoms with van der Waals surface area (Å²) in [4.78, 5) is 17.8. The minimum Gasteiger partial charge on any atom is -0.477 e. The third-order valence-electron chi connectivity index (χ3n) is 1.95. The molecule has 0 aliphatic heterocycles. The lowest BCUT2D eigenvalue weighted by molar-refractivity contribution is 0.0689. The SMILES string of the molecule is O=C(O)c1ccnc(Oc2ccc(F)cc2F)n1. The van der Waals surface area contributed by atoms with Crippen LogP contribution in [0, 0.1) is 11.6 Å². The van der Waals surface area contributed by atoms with E-state index < -0.39 is 17.6 Å². The molecule has 7 heteroatoms. The molecule has 0 bridgehead atoms. The molecular formula is C11H6F2N2O3. The summed E-state index contributed by atoms with van der Waals surface area (Å²) in [5.74, 6) is -3.24. The van der Waals surface area contributed by atoms with Gasteiger partial charge < -0.3 is 9.84 Å². The van der Waals surface area contributed by atoms with Gasteiger partial charge in [0, 0.05) is 12.3 Å². The van der Waals surface area contributed by atoms with Gasteiger partial charge in [0.15, 0.2) is 17.3 Å². The van der Waals surface area contributed by atoms with Gasteiger partial charge in [0.2, 0.25) is 0 Å². The second-order valence-corrected chi connectivity index (χ2v) is 3.21. The van der Waals surface area contributed by atoms with E-state index in [1.54, 1.807) is 0 Å². The van der Waals surface area contributed by atoms with Gasteiger partial charge in [0.05, 0.1) is 0 Å². The molecule has 0 aliphatic rings. The van der Waals surface area contributed by atoms with Crippen molar-refractivity contribution in [3.63, 3.8) is 0 Å². The highest BCUT2D eigenvalue weighted by Crippen LogP contribution is 2.22. The summed E-state index contributed by atoms with van der Waals surface area (Å²) >= 11 is 0. The van der Waals surface area contributed by atoms with E-state index in [9.17, 15) is 13.6 Å². The number of carboxylic acid groups (broad SMARTS) is 1. The number of hydrogen-bond donors (Lipinski definition) is 1. The predicted octanol–water partition coefficient (Wildman–Crippen LogP) is 2.25. The molecule has 1 N–H and O–H groups in total. The fraction of sp³-hybridized carbons (Fsp3) is 0. The number of aromatic carboxylic acids is 1. The van der Waals surface area contributed by atoms with Crippen LogP contribution in [0.5, 0.6) is 11.8 Å². The van der Waals surface area contributed by atoms with E-state index in [0.29, 0.717) is 6.07 Å². The minimum absolute atomic E-state index is 0.289. The zero-order chi connectivity index (χ0) is 13.1. The van der Waals surface area contributed by atoms with E-state index in [1.807, 2.05) is 0 Å². The Morgan fingerprint density at radius 1 is 1.28 bits per heavy atom. The molecule has 0 saturated heterocycles. The number of ether oxygens (including phenoxy) is 1. The quantitative estimate of drug-likeness (QED) is 0.906. The molecule has 1 aromatic heterocycles. The molecule has 18 heavy (non-hydrogen) atoms. The van der Waals surface area contributed by atoms with Crippen molar-refractivity contribution in [3.8, 4) is 11.8 Å². The van der Waals surface area contributed by atoms with E-state index in [-0.39, 0.29) is 17.5 Å². The fourth-order valence-corrected chi connectivity index (χ4v) is 1.17. The molecule has 2 aromatic rings. The van der Waals surface area contributed by atoms with Crippen LogP contribution in [0.3, 0.4) is 0 Å². The first kappa shape index (κ1) is 11.9. The largest absolute Gasteiger partial charge is 0.477 e. The Balaban J connectivity index is 2.28. The highest BCUT2D eigenvalue weighted by molar-refractivity contribution is 5.85. The highest BCUT2D eigenvalue weighted by Gasteiger charge is 2.10. The third-order valence-corrected chi connectivity index (χ3v) is 1.95. The van der Waals surface area contributed by atoms with Gasteiger partial charge in [-0.1, -0.05) is 0 Å². The molecule has 0 saturated carbocycles. The molecular weight excluding hydrogens is 246 g/mol. The molecule has 0 aliphatic carbocycles. The topological polar surface area (TPSA) is 72.3 Å². The summed E-state index contributed by atoms with van der Waals surface area (Å²) in [7, 11) is 0. The molecule has 0 atom stereocenters. The van der Waals surface area contributed by atoms with Crippen LogP contribution in [0.4, 0.5) is 8.78 Å². The van der Waals surface area contributed by atoms with Crippen LogP contribution >= 0.6 is 0 Å². The molecule has 0 spiro atoms. The van der Waals surface area contributed by atoms with E-state index in [4.69, 9.17) is 9.84 Å². The van der Waals surface area contributed by atoms with Gasteiger partial charge in [-0.3, -0.25) is 0 Å². The van der Waals surface area contributed by atoms with Crippen molar-refractivity contribution in [2.75, 3.05) is 0 Å². The summed E-state index contributed by atoms with van der Waals surface area (Å²) in [6.07, 6.45) is 1.16.